The Bertz CT molecular complexity index is 1130. The van der Waals surface area contributed by atoms with Gasteiger partial charge in [-0.05, 0) is 68.5 Å². The van der Waals surface area contributed by atoms with Crippen molar-refractivity contribution in [3.63, 3.8) is 0 Å². The Kier molecular flexibility index (Phi) is 6.49. The highest BCUT2D eigenvalue weighted by Gasteiger charge is 2.25. The quantitative estimate of drug-likeness (QED) is 0.668. The highest BCUT2D eigenvalue weighted by atomic mass is 35.5. The standard InChI is InChI=1S/C24H28N4O2.ClH/c29-23(25-20-11-7-9-18-8-1-2-10-19(18)20)28-22-13-4-3-12-21(22)27(24(28)30)17-16-26-14-5-6-15-26;/h1-4,8,10,12-13,20H,5-7,9,11,14-17H2,(H,25,29);1H. The fraction of sp³-hybridized carbons (Fsp3) is 0.417. The van der Waals surface area contributed by atoms with Crippen LogP contribution in [0.5, 0.6) is 0 Å². The minimum Gasteiger partial charge on any atom is -0.330 e. The number of fused-ring (bicyclic) bond motifs is 2. The van der Waals surface area contributed by atoms with Crippen molar-refractivity contribution in [1.29, 1.82) is 0 Å². The van der Waals surface area contributed by atoms with Gasteiger partial charge in [0.25, 0.3) is 0 Å². The zero-order chi connectivity index (χ0) is 20.5. The number of benzene rings is 2. The van der Waals surface area contributed by atoms with E-state index in [0.717, 1.165) is 44.4 Å². The zero-order valence-corrected chi connectivity index (χ0v) is 18.4. The largest absolute Gasteiger partial charge is 0.337 e. The Morgan fingerprint density at radius 3 is 2.45 bits per heavy atom. The third-order valence-corrected chi connectivity index (χ3v) is 6.54. The molecule has 31 heavy (non-hydrogen) atoms. The summed E-state index contributed by atoms with van der Waals surface area (Å²) in [5.41, 5.74) is 3.70. The number of rotatable bonds is 4. The van der Waals surface area contributed by atoms with E-state index >= 15 is 0 Å². The van der Waals surface area contributed by atoms with E-state index < -0.39 is 0 Å². The van der Waals surface area contributed by atoms with Crippen LogP contribution in [0.1, 0.15) is 42.9 Å². The second-order valence-electron chi connectivity index (χ2n) is 8.40. The summed E-state index contributed by atoms with van der Waals surface area (Å²) >= 11 is 0. The van der Waals surface area contributed by atoms with Crippen molar-refractivity contribution in [3.05, 3.63) is 70.1 Å². The first kappa shape index (κ1) is 21.7. The normalized spacial score (nSPS) is 18.5. The maximum Gasteiger partial charge on any atom is 0.337 e. The number of aromatic nitrogens is 2. The number of amides is 1. The van der Waals surface area contributed by atoms with Gasteiger partial charge in [0, 0.05) is 13.1 Å². The minimum absolute atomic E-state index is 0. The lowest BCUT2D eigenvalue weighted by molar-refractivity contribution is 0.236. The van der Waals surface area contributed by atoms with Gasteiger partial charge in [-0.2, -0.15) is 0 Å². The summed E-state index contributed by atoms with van der Waals surface area (Å²) in [7, 11) is 0. The van der Waals surface area contributed by atoms with E-state index in [1.807, 2.05) is 36.4 Å². The summed E-state index contributed by atoms with van der Waals surface area (Å²) in [4.78, 5) is 28.9. The molecule has 2 aromatic carbocycles. The number of halogens is 1. The molecule has 1 atom stereocenters. The third-order valence-electron chi connectivity index (χ3n) is 6.54. The number of nitrogens with one attached hydrogen (secondary N) is 1. The lowest BCUT2D eigenvalue weighted by atomic mass is 9.88. The Labute approximate surface area is 188 Å². The van der Waals surface area contributed by atoms with Gasteiger partial charge < -0.3 is 10.2 Å². The molecule has 1 aliphatic heterocycles. The van der Waals surface area contributed by atoms with Gasteiger partial charge in [0.15, 0.2) is 0 Å². The predicted octanol–water partition coefficient (Wildman–Crippen LogP) is 3.96. The lowest BCUT2D eigenvalue weighted by Crippen LogP contribution is -2.40. The van der Waals surface area contributed by atoms with Crippen molar-refractivity contribution < 1.29 is 4.79 Å². The van der Waals surface area contributed by atoms with E-state index in [2.05, 4.69) is 22.3 Å². The van der Waals surface area contributed by atoms with Gasteiger partial charge in [-0.3, -0.25) is 4.57 Å². The summed E-state index contributed by atoms with van der Waals surface area (Å²) < 4.78 is 3.07. The summed E-state index contributed by atoms with van der Waals surface area (Å²) in [6, 6.07) is 15.5. The monoisotopic (exact) mass is 440 g/mol. The first-order valence-electron chi connectivity index (χ1n) is 11.0. The van der Waals surface area contributed by atoms with Crippen molar-refractivity contribution >= 4 is 29.5 Å². The van der Waals surface area contributed by atoms with Crippen LogP contribution >= 0.6 is 12.4 Å². The molecule has 1 amide bonds. The summed E-state index contributed by atoms with van der Waals surface area (Å²) in [5, 5.41) is 3.14. The van der Waals surface area contributed by atoms with Crippen LogP contribution in [0.25, 0.3) is 11.0 Å². The number of aryl methyl sites for hydroxylation is 1. The van der Waals surface area contributed by atoms with E-state index in [1.165, 1.54) is 28.5 Å². The number of hydrogen-bond donors (Lipinski definition) is 1. The number of nitrogens with zero attached hydrogens (tertiary/aromatic N) is 3. The van der Waals surface area contributed by atoms with Gasteiger partial charge in [-0.25, -0.2) is 14.2 Å². The molecule has 0 radical (unpaired) electrons. The summed E-state index contributed by atoms with van der Waals surface area (Å²) in [5.74, 6) is 0. The number of para-hydroxylation sites is 2. The van der Waals surface area contributed by atoms with Crippen LogP contribution in [0, 0.1) is 0 Å². The molecule has 1 aromatic heterocycles. The fourth-order valence-corrected chi connectivity index (χ4v) is 4.99. The molecule has 3 aromatic rings. The molecule has 164 valence electrons. The van der Waals surface area contributed by atoms with E-state index in [-0.39, 0.29) is 30.2 Å². The van der Waals surface area contributed by atoms with Gasteiger partial charge in [0.1, 0.15) is 0 Å². The van der Waals surface area contributed by atoms with Crippen LogP contribution in [0.15, 0.2) is 53.3 Å². The highest BCUT2D eigenvalue weighted by molar-refractivity contribution is 5.89. The molecule has 1 unspecified atom stereocenters. The fourth-order valence-electron chi connectivity index (χ4n) is 4.99. The molecule has 6 nitrogen and oxygen atoms in total. The number of likely N-dealkylation sites (tertiary alicyclic amines) is 1. The van der Waals surface area contributed by atoms with Gasteiger partial charge in [-0.15, -0.1) is 12.4 Å². The van der Waals surface area contributed by atoms with E-state index in [1.54, 1.807) is 4.57 Å². The van der Waals surface area contributed by atoms with Crippen LogP contribution in [-0.4, -0.2) is 39.7 Å². The van der Waals surface area contributed by atoms with E-state index in [4.69, 9.17) is 0 Å². The summed E-state index contributed by atoms with van der Waals surface area (Å²) in [6.07, 6.45) is 5.42. The molecular formula is C24H29ClN4O2. The summed E-state index contributed by atoms with van der Waals surface area (Å²) in [6.45, 7) is 3.63. The number of hydrogen-bond acceptors (Lipinski definition) is 3. The molecule has 1 fully saturated rings. The maximum absolute atomic E-state index is 13.3. The van der Waals surface area contributed by atoms with Crippen LogP contribution in [0.3, 0.4) is 0 Å². The van der Waals surface area contributed by atoms with Crippen LogP contribution in [0.2, 0.25) is 0 Å². The van der Waals surface area contributed by atoms with Crippen LogP contribution < -0.4 is 11.0 Å². The molecule has 2 aliphatic rings. The Balaban J connectivity index is 0.00000231. The molecule has 2 heterocycles. The predicted molar refractivity (Wildman–Crippen MR) is 125 cm³/mol. The highest BCUT2D eigenvalue weighted by Crippen LogP contribution is 2.29. The molecule has 5 rings (SSSR count). The van der Waals surface area contributed by atoms with Crippen LogP contribution in [-0.2, 0) is 13.0 Å². The molecule has 0 spiro atoms. The average Bonchev–Trinajstić information content (AvgIpc) is 3.38. The SMILES string of the molecule is Cl.O=C(NC1CCCc2ccccc21)n1c(=O)n(CCN2CCCC2)c2ccccc21. The van der Waals surface area contributed by atoms with Crippen molar-refractivity contribution in [2.75, 3.05) is 19.6 Å². The van der Waals surface area contributed by atoms with Gasteiger partial charge in [-0.1, -0.05) is 36.4 Å². The minimum atomic E-state index is -0.335. The molecule has 7 heteroatoms. The molecular weight excluding hydrogens is 412 g/mol. The Hall–Kier alpha value is -2.57. The number of imidazole rings is 1. The first-order chi connectivity index (χ1) is 14.7. The van der Waals surface area contributed by atoms with Crippen molar-refractivity contribution in [2.24, 2.45) is 0 Å². The average molecular weight is 441 g/mol. The van der Waals surface area contributed by atoms with Gasteiger partial charge >= 0.3 is 11.7 Å². The Morgan fingerprint density at radius 2 is 1.65 bits per heavy atom. The number of carbonyl (C=O) groups excluding carboxylic acids is 1. The lowest BCUT2D eigenvalue weighted by Gasteiger charge is -2.26. The van der Waals surface area contributed by atoms with Crippen LogP contribution in [0.4, 0.5) is 4.79 Å². The molecule has 0 bridgehead atoms. The van der Waals surface area contributed by atoms with Gasteiger partial charge in [0.2, 0.25) is 0 Å². The second kappa shape index (κ2) is 9.28. The molecule has 0 saturated carbocycles. The molecule has 1 saturated heterocycles. The van der Waals surface area contributed by atoms with E-state index in [9.17, 15) is 9.59 Å². The topological polar surface area (TPSA) is 59.3 Å². The maximum atomic E-state index is 13.3. The second-order valence-corrected chi connectivity index (χ2v) is 8.40. The van der Waals surface area contributed by atoms with Crippen molar-refractivity contribution in [2.45, 2.75) is 44.7 Å². The van der Waals surface area contributed by atoms with Gasteiger partial charge in [0.05, 0.1) is 17.1 Å². The van der Waals surface area contributed by atoms with Crippen molar-refractivity contribution in [1.82, 2.24) is 19.4 Å². The third kappa shape index (κ3) is 4.14. The Morgan fingerprint density at radius 1 is 0.935 bits per heavy atom. The number of carbonyl (C=O) groups is 1. The molecule has 1 N–H and O–H groups in total. The molecule has 1 aliphatic carbocycles. The first-order valence-corrected chi connectivity index (χ1v) is 11.0. The van der Waals surface area contributed by atoms with E-state index in [0.29, 0.717) is 12.1 Å². The zero-order valence-electron chi connectivity index (χ0n) is 17.6. The van der Waals surface area contributed by atoms with Crippen molar-refractivity contribution in [3.8, 4) is 0 Å². The smallest absolute Gasteiger partial charge is 0.330 e.